The van der Waals surface area contributed by atoms with Crippen molar-refractivity contribution in [3.05, 3.63) is 6.42 Å². The third kappa shape index (κ3) is 4.17. The van der Waals surface area contributed by atoms with Gasteiger partial charge in [0.15, 0.2) is 0 Å². The zero-order valence-corrected chi connectivity index (χ0v) is 10.1. The Morgan fingerprint density at radius 1 is 0.600 bits per heavy atom. The number of rotatable bonds is 4. The molecule has 2 fully saturated rings. The summed E-state index contributed by atoms with van der Waals surface area (Å²) >= 11 is 0. The molecule has 0 aromatic carbocycles. The number of hydrogen-bond acceptors (Lipinski definition) is 0. The molecule has 0 nitrogen and oxygen atoms in total. The van der Waals surface area contributed by atoms with Crippen LogP contribution in [-0.4, -0.2) is 0 Å². The van der Waals surface area contributed by atoms with E-state index < -0.39 is 0 Å². The van der Waals surface area contributed by atoms with Crippen LogP contribution >= 0.6 is 0 Å². The van der Waals surface area contributed by atoms with E-state index in [1.165, 1.54) is 77.0 Å². The maximum atomic E-state index is 3.72. The predicted octanol–water partition coefficient (Wildman–Crippen LogP) is 5.01. The lowest BCUT2D eigenvalue weighted by atomic mass is 9.82. The Labute approximate surface area is 95.8 Å². The van der Waals surface area contributed by atoms with Crippen molar-refractivity contribution in [2.45, 2.75) is 77.0 Å². The molecule has 86 valence electrons. The molecule has 0 N–H and O–H groups in total. The summed E-state index contributed by atoms with van der Waals surface area (Å²) in [5.74, 6) is 2.00. The zero-order valence-electron chi connectivity index (χ0n) is 10.1. The molecule has 0 aromatic heterocycles. The maximum absolute atomic E-state index is 3.72. The topological polar surface area (TPSA) is 0 Å². The van der Waals surface area contributed by atoms with Crippen LogP contribution < -0.4 is 0 Å². The lowest BCUT2D eigenvalue weighted by Gasteiger charge is -2.24. The van der Waals surface area contributed by atoms with Crippen LogP contribution in [0, 0.1) is 18.3 Å². The smallest absolute Gasteiger partial charge is 0.0168 e. The van der Waals surface area contributed by atoms with Crippen LogP contribution in [-0.2, 0) is 0 Å². The van der Waals surface area contributed by atoms with Gasteiger partial charge in [0.05, 0.1) is 0 Å². The number of hydrogen-bond donors (Lipinski definition) is 0. The first-order valence-electron chi connectivity index (χ1n) is 7.16. The summed E-state index contributed by atoms with van der Waals surface area (Å²) in [5.41, 5.74) is 0. The normalized spacial score (nSPS) is 25.6. The largest absolute Gasteiger partial charge is 0.0533 e. The molecule has 2 aliphatic carbocycles. The van der Waals surface area contributed by atoms with Crippen molar-refractivity contribution in [3.8, 4) is 0 Å². The van der Waals surface area contributed by atoms with Crippen molar-refractivity contribution >= 4 is 0 Å². The molecule has 0 spiro atoms. The van der Waals surface area contributed by atoms with E-state index in [0.29, 0.717) is 0 Å². The minimum atomic E-state index is 1.00. The molecule has 0 aromatic rings. The van der Waals surface area contributed by atoms with Crippen molar-refractivity contribution in [2.75, 3.05) is 0 Å². The SMILES string of the molecule is [C](CC1CCCCC1)CC1CCCCC1. The first-order valence-corrected chi connectivity index (χ1v) is 7.16. The van der Waals surface area contributed by atoms with Gasteiger partial charge in [-0.05, 0) is 31.1 Å². The molecular formula is C15H26. The predicted molar refractivity (Wildman–Crippen MR) is 65.6 cm³/mol. The molecule has 0 amide bonds. The molecule has 2 aliphatic rings. The summed E-state index contributed by atoms with van der Waals surface area (Å²) in [6, 6.07) is 0. The van der Waals surface area contributed by atoms with E-state index in [9.17, 15) is 0 Å². The Balaban J connectivity index is 1.53. The van der Waals surface area contributed by atoms with Gasteiger partial charge in [0.1, 0.15) is 0 Å². The summed E-state index contributed by atoms with van der Waals surface area (Å²) in [6.45, 7) is 0. The molecule has 0 heteroatoms. The third-order valence-electron chi connectivity index (χ3n) is 4.32. The fraction of sp³-hybridized carbons (Fsp3) is 0.933. The summed E-state index contributed by atoms with van der Waals surface area (Å²) < 4.78 is 0. The molecule has 0 bridgehead atoms. The van der Waals surface area contributed by atoms with E-state index in [4.69, 9.17) is 0 Å². The minimum Gasteiger partial charge on any atom is -0.0533 e. The lowest BCUT2D eigenvalue weighted by molar-refractivity contribution is 0.324. The maximum Gasteiger partial charge on any atom is -0.0168 e. The Bertz CT molecular complexity index is 131. The highest BCUT2D eigenvalue weighted by molar-refractivity contribution is 4.78. The monoisotopic (exact) mass is 206 g/mol. The quantitative estimate of drug-likeness (QED) is 0.606. The summed E-state index contributed by atoms with van der Waals surface area (Å²) in [7, 11) is 0. The van der Waals surface area contributed by atoms with Crippen molar-refractivity contribution in [2.24, 2.45) is 11.8 Å². The van der Waals surface area contributed by atoms with Gasteiger partial charge in [-0.3, -0.25) is 0 Å². The first kappa shape index (κ1) is 11.5. The van der Waals surface area contributed by atoms with Crippen LogP contribution in [0.2, 0.25) is 0 Å². The lowest BCUT2D eigenvalue weighted by Crippen LogP contribution is -2.09. The van der Waals surface area contributed by atoms with Gasteiger partial charge in [-0.2, -0.15) is 0 Å². The Morgan fingerprint density at radius 3 is 1.40 bits per heavy atom. The van der Waals surface area contributed by atoms with Crippen molar-refractivity contribution in [3.63, 3.8) is 0 Å². The Morgan fingerprint density at radius 2 is 1.00 bits per heavy atom. The second-order valence-electron chi connectivity index (χ2n) is 5.67. The van der Waals surface area contributed by atoms with Gasteiger partial charge in [0, 0.05) is 0 Å². The van der Waals surface area contributed by atoms with Gasteiger partial charge in [-0.15, -0.1) is 0 Å². The van der Waals surface area contributed by atoms with Gasteiger partial charge in [0.2, 0.25) is 0 Å². The molecule has 2 rings (SSSR count). The highest BCUT2D eigenvalue weighted by Gasteiger charge is 2.16. The van der Waals surface area contributed by atoms with Gasteiger partial charge in [-0.1, -0.05) is 64.2 Å². The second-order valence-corrected chi connectivity index (χ2v) is 5.67. The van der Waals surface area contributed by atoms with Crippen LogP contribution in [0.1, 0.15) is 77.0 Å². The zero-order chi connectivity index (χ0) is 10.3. The van der Waals surface area contributed by atoms with Crippen molar-refractivity contribution < 1.29 is 0 Å². The Hall–Kier alpha value is 0. The van der Waals surface area contributed by atoms with Crippen LogP contribution in [0.5, 0.6) is 0 Å². The molecule has 0 unspecified atom stereocenters. The molecule has 0 atom stereocenters. The fourth-order valence-corrected chi connectivity index (χ4v) is 3.27. The molecule has 15 heavy (non-hydrogen) atoms. The van der Waals surface area contributed by atoms with E-state index in [1.807, 2.05) is 0 Å². The summed E-state index contributed by atoms with van der Waals surface area (Å²) in [5, 5.41) is 0. The van der Waals surface area contributed by atoms with Gasteiger partial charge < -0.3 is 0 Å². The van der Waals surface area contributed by atoms with E-state index in [2.05, 4.69) is 6.42 Å². The van der Waals surface area contributed by atoms with Crippen LogP contribution in [0.3, 0.4) is 0 Å². The van der Waals surface area contributed by atoms with Crippen LogP contribution in [0.4, 0.5) is 0 Å². The molecular weight excluding hydrogens is 180 g/mol. The van der Waals surface area contributed by atoms with Gasteiger partial charge >= 0.3 is 0 Å². The highest BCUT2D eigenvalue weighted by atomic mass is 14.2. The summed E-state index contributed by atoms with van der Waals surface area (Å²) in [4.78, 5) is 0. The highest BCUT2D eigenvalue weighted by Crippen LogP contribution is 2.31. The van der Waals surface area contributed by atoms with E-state index in [1.54, 1.807) is 0 Å². The van der Waals surface area contributed by atoms with Crippen molar-refractivity contribution in [1.82, 2.24) is 0 Å². The average molecular weight is 206 g/mol. The first-order chi connectivity index (χ1) is 7.45. The third-order valence-corrected chi connectivity index (χ3v) is 4.32. The van der Waals surface area contributed by atoms with E-state index in [0.717, 1.165) is 11.8 Å². The van der Waals surface area contributed by atoms with Crippen LogP contribution in [0.25, 0.3) is 0 Å². The Kier molecular flexibility index (Phi) is 5.02. The average Bonchev–Trinajstić information content (AvgIpc) is 2.32. The molecule has 0 saturated heterocycles. The molecule has 0 heterocycles. The second kappa shape index (κ2) is 6.55. The van der Waals surface area contributed by atoms with E-state index >= 15 is 0 Å². The minimum absolute atomic E-state index is 1.00. The van der Waals surface area contributed by atoms with Gasteiger partial charge in [-0.25, -0.2) is 0 Å². The molecule has 2 radical (unpaired) electrons. The fourth-order valence-electron chi connectivity index (χ4n) is 3.27. The van der Waals surface area contributed by atoms with E-state index in [-0.39, 0.29) is 0 Å². The van der Waals surface area contributed by atoms with Gasteiger partial charge in [0.25, 0.3) is 0 Å². The van der Waals surface area contributed by atoms with Crippen LogP contribution in [0.15, 0.2) is 0 Å². The molecule has 0 aliphatic heterocycles. The van der Waals surface area contributed by atoms with Crippen molar-refractivity contribution in [1.29, 1.82) is 0 Å². The summed E-state index contributed by atoms with van der Waals surface area (Å²) in [6.07, 6.45) is 21.2. The standard InChI is InChI=1S/C15H26/c1-3-8-14(9-4-1)12-7-13-15-10-5-2-6-11-15/h14-15H,1-6,8-13H2. The molecule has 2 saturated carbocycles.